The van der Waals surface area contributed by atoms with Gasteiger partial charge in [-0.2, -0.15) is 0 Å². The Bertz CT molecular complexity index is 706. The topological polar surface area (TPSA) is 15.6 Å². The van der Waals surface area contributed by atoms with Gasteiger partial charge in [-0.15, -0.1) is 0 Å². The molecule has 0 aliphatic heterocycles. The van der Waals surface area contributed by atoms with Crippen LogP contribution >= 0.6 is 31.9 Å². The Morgan fingerprint density at radius 1 is 1.13 bits per heavy atom. The van der Waals surface area contributed by atoms with Crippen LogP contribution in [0, 0.1) is 13.8 Å². The van der Waals surface area contributed by atoms with Crippen molar-refractivity contribution >= 4 is 43.9 Å². The quantitative estimate of drug-likeness (QED) is 0.411. The summed E-state index contributed by atoms with van der Waals surface area (Å²) < 4.78 is 2.20. The molecule has 2 aromatic carbocycles. The SMILES string of the molecule is CCN(C)C=Nc1c(C)cc(Cc2ccc(Br)cc2)c(C)c1Br. The molecule has 0 saturated heterocycles. The maximum absolute atomic E-state index is 4.64. The van der Waals surface area contributed by atoms with Crippen molar-refractivity contribution in [3.05, 3.63) is 61.5 Å². The average molecular weight is 438 g/mol. The van der Waals surface area contributed by atoms with Gasteiger partial charge in [0, 0.05) is 22.5 Å². The van der Waals surface area contributed by atoms with E-state index in [4.69, 9.17) is 0 Å². The summed E-state index contributed by atoms with van der Waals surface area (Å²) in [7, 11) is 2.03. The summed E-state index contributed by atoms with van der Waals surface area (Å²) in [6.45, 7) is 7.33. The van der Waals surface area contributed by atoms with Crippen LogP contribution in [0.2, 0.25) is 0 Å². The van der Waals surface area contributed by atoms with Gasteiger partial charge in [-0.25, -0.2) is 4.99 Å². The first-order chi connectivity index (χ1) is 10.9. The molecule has 0 heterocycles. The third-order valence-corrected chi connectivity index (χ3v) is 5.47. The van der Waals surface area contributed by atoms with Gasteiger partial charge in [0.1, 0.15) is 0 Å². The third-order valence-electron chi connectivity index (χ3n) is 3.97. The van der Waals surface area contributed by atoms with Crippen LogP contribution in [0.25, 0.3) is 0 Å². The lowest BCUT2D eigenvalue weighted by atomic mass is 9.97. The second-order valence-corrected chi connectivity index (χ2v) is 7.47. The fourth-order valence-corrected chi connectivity index (χ4v) is 3.27. The molecular weight excluding hydrogens is 416 g/mol. The number of hydrogen-bond acceptors (Lipinski definition) is 1. The zero-order valence-electron chi connectivity index (χ0n) is 14.0. The molecule has 0 atom stereocenters. The normalized spacial score (nSPS) is 11.2. The van der Waals surface area contributed by atoms with Gasteiger partial charge in [-0.05, 0) is 77.5 Å². The minimum absolute atomic E-state index is 0.928. The van der Waals surface area contributed by atoms with Crippen molar-refractivity contribution in [1.82, 2.24) is 4.90 Å². The Balaban J connectivity index is 2.33. The summed E-state index contributed by atoms with van der Waals surface area (Å²) >= 11 is 7.22. The molecule has 2 nitrogen and oxygen atoms in total. The van der Waals surface area contributed by atoms with Crippen molar-refractivity contribution in [3.8, 4) is 0 Å². The summed E-state index contributed by atoms with van der Waals surface area (Å²) in [5.74, 6) is 0. The molecule has 0 fully saturated rings. The van der Waals surface area contributed by atoms with Gasteiger partial charge >= 0.3 is 0 Å². The van der Waals surface area contributed by atoms with Crippen LogP contribution < -0.4 is 0 Å². The first-order valence-corrected chi connectivity index (χ1v) is 9.28. The Morgan fingerprint density at radius 3 is 2.39 bits per heavy atom. The van der Waals surface area contributed by atoms with E-state index in [2.05, 4.69) is 92.9 Å². The predicted molar refractivity (Wildman–Crippen MR) is 107 cm³/mol. The molecule has 0 aliphatic rings. The molecule has 0 aromatic heterocycles. The van der Waals surface area contributed by atoms with Crippen LogP contribution in [0.15, 0.2) is 44.3 Å². The standard InChI is InChI=1S/C19H22Br2N2/c1-5-23(4)12-22-19-13(2)10-16(14(3)18(19)21)11-15-6-8-17(20)9-7-15/h6-10,12H,5,11H2,1-4H3. The molecule has 0 N–H and O–H groups in total. The van der Waals surface area contributed by atoms with E-state index in [1.807, 2.05) is 13.4 Å². The summed E-state index contributed by atoms with van der Waals surface area (Å²) in [5, 5.41) is 0. The number of benzene rings is 2. The zero-order valence-corrected chi connectivity index (χ0v) is 17.2. The predicted octanol–water partition coefficient (Wildman–Crippen LogP) is 6.03. The van der Waals surface area contributed by atoms with Gasteiger partial charge in [0.25, 0.3) is 0 Å². The van der Waals surface area contributed by atoms with Crippen molar-refractivity contribution in [2.24, 2.45) is 4.99 Å². The number of hydrogen-bond donors (Lipinski definition) is 0. The van der Waals surface area contributed by atoms with Crippen LogP contribution in [0.3, 0.4) is 0 Å². The largest absolute Gasteiger partial charge is 0.366 e. The molecule has 4 heteroatoms. The second-order valence-electron chi connectivity index (χ2n) is 5.76. The van der Waals surface area contributed by atoms with Gasteiger partial charge in [0.2, 0.25) is 0 Å². The Labute approximate surface area is 155 Å². The van der Waals surface area contributed by atoms with E-state index < -0.39 is 0 Å². The lowest BCUT2D eigenvalue weighted by molar-refractivity contribution is 0.552. The first-order valence-electron chi connectivity index (χ1n) is 7.69. The van der Waals surface area contributed by atoms with Gasteiger partial charge < -0.3 is 4.90 Å². The van der Waals surface area contributed by atoms with Crippen LogP contribution in [0.1, 0.15) is 29.2 Å². The van der Waals surface area contributed by atoms with Crippen molar-refractivity contribution in [2.45, 2.75) is 27.2 Å². The molecule has 2 aromatic rings. The summed E-state index contributed by atoms with van der Waals surface area (Å²) in [4.78, 5) is 6.71. The zero-order chi connectivity index (χ0) is 17.0. The monoisotopic (exact) mass is 436 g/mol. The van der Waals surface area contributed by atoms with Crippen LogP contribution in [0.5, 0.6) is 0 Å². The average Bonchev–Trinajstić information content (AvgIpc) is 2.54. The van der Waals surface area contributed by atoms with Gasteiger partial charge in [0.05, 0.1) is 12.0 Å². The van der Waals surface area contributed by atoms with Crippen molar-refractivity contribution in [3.63, 3.8) is 0 Å². The fraction of sp³-hybridized carbons (Fsp3) is 0.316. The first kappa shape index (κ1) is 18.2. The summed E-state index contributed by atoms with van der Waals surface area (Å²) in [5.41, 5.74) is 6.10. The maximum Gasteiger partial charge on any atom is 0.0910 e. The summed E-state index contributed by atoms with van der Waals surface area (Å²) in [6.07, 6.45) is 2.82. The molecular formula is C19H22Br2N2. The second kappa shape index (κ2) is 8.11. The van der Waals surface area contributed by atoms with E-state index in [9.17, 15) is 0 Å². The molecule has 0 radical (unpaired) electrons. The Hall–Kier alpha value is -1.13. The highest BCUT2D eigenvalue weighted by molar-refractivity contribution is 9.11. The van der Waals surface area contributed by atoms with Gasteiger partial charge in [0.15, 0.2) is 0 Å². The van der Waals surface area contributed by atoms with E-state index in [-0.39, 0.29) is 0 Å². The number of halogens is 2. The van der Waals surface area contributed by atoms with Gasteiger partial charge in [-0.3, -0.25) is 0 Å². The van der Waals surface area contributed by atoms with Gasteiger partial charge in [-0.1, -0.05) is 34.1 Å². The van der Waals surface area contributed by atoms with Crippen LogP contribution in [0.4, 0.5) is 5.69 Å². The van der Waals surface area contributed by atoms with E-state index >= 15 is 0 Å². The smallest absolute Gasteiger partial charge is 0.0910 e. The molecule has 23 heavy (non-hydrogen) atoms. The van der Waals surface area contributed by atoms with Crippen LogP contribution in [-0.2, 0) is 6.42 Å². The lowest BCUT2D eigenvalue weighted by Gasteiger charge is -2.14. The van der Waals surface area contributed by atoms with Crippen LogP contribution in [-0.4, -0.2) is 24.8 Å². The van der Waals surface area contributed by atoms with Crippen molar-refractivity contribution < 1.29 is 0 Å². The molecule has 0 spiro atoms. The third kappa shape index (κ3) is 4.67. The Morgan fingerprint density at radius 2 is 1.78 bits per heavy atom. The number of aliphatic imine (C=N–C) groups is 1. The lowest BCUT2D eigenvalue weighted by Crippen LogP contribution is -2.14. The summed E-state index contributed by atoms with van der Waals surface area (Å²) in [6, 6.07) is 10.8. The molecule has 0 aliphatic carbocycles. The van der Waals surface area contributed by atoms with E-state index in [0.717, 1.165) is 27.6 Å². The number of aryl methyl sites for hydroxylation is 1. The Kier molecular flexibility index (Phi) is 6.42. The molecule has 2 rings (SSSR count). The fourth-order valence-electron chi connectivity index (χ4n) is 2.33. The van der Waals surface area contributed by atoms with Crippen molar-refractivity contribution in [1.29, 1.82) is 0 Å². The molecule has 0 unspecified atom stereocenters. The highest BCUT2D eigenvalue weighted by Gasteiger charge is 2.11. The molecule has 122 valence electrons. The maximum atomic E-state index is 4.64. The molecule has 0 bridgehead atoms. The number of nitrogens with zero attached hydrogens (tertiary/aromatic N) is 2. The minimum atomic E-state index is 0.928. The highest BCUT2D eigenvalue weighted by Crippen LogP contribution is 2.35. The van der Waals surface area contributed by atoms with E-state index in [1.165, 1.54) is 22.3 Å². The minimum Gasteiger partial charge on any atom is -0.366 e. The van der Waals surface area contributed by atoms with Crippen molar-refractivity contribution in [2.75, 3.05) is 13.6 Å². The molecule has 0 amide bonds. The molecule has 0 saturated carbocycles. The highest BCUT2D eigenvalue weighted by atomic mass is 79.9. The van der Waals surface area contributed by atoms with E-state index in [0.29, 0.717) is 0 Å². The van der Waals surface area contributed by atoms with E-state index in [1.54, 1.807) is 0 Å². The number of rotatable bonds is 5.